The van der Waals surface area contributed by atoms with Gasteiger partial charge in [-0.2, -0.15) is 19.2 Å². The van der Waals surface area contributed by atoms with Gasteiger partial charge in [0.05, 0.1) is 12.0 Å². The summed E-state index contributed by atoms with van der Waals surface area (Å²) < 4.78 is 4.17. The first kappa shape index (κ1) is 13.7. The Kier molecular flexibility index (Phi) is 4.87. The van der Waals surface area contributed by atoms with Crippen molar-refractivity contribution in [2.75, 3.05) is 6.61 Å². The van der Waals surface area contributed by atoms with E-state index in [0.717, 1.165) is 0 Å². The summed E-state index contributed by atoms with van der Waals surface area (Å²) in [6, 6.07) is 0. The zero-order chi connectivity index (χ0) is 11.4. The summed E-state index contributed by atoms with van der Waals surface area (Å²) in [6.45, 7) is 0.939. The highest BCUT2D eigenvalue weighted by Crippen LogP contribution is 2.45. The molecule has 0 bridgehead atoms. The molecule has 0 heterocycles. The van der Waals surface area contributed by atoms with Gasteiger partial charge in [0.1, 0.15) is 6.61 Å². The van der Waals surface area contributed by atoms with E-state index in [1.54, 1.807) is 0 Å². The smallest absolute Gasteiger partial charge is 0.481 e. The van der Waals surface area contributed by atoms with Gasteiger partial charge in [0.2, 0.25) is 0 Å². The van der Waals surface area contributed by atoms with Gasteiger partial charge in [0.15, 0.2) is 0 Å². The minimum atomic E-state index is -4.29. The molecule has 0 saturated heterocycles. The number of hydrogen-bond donors (Lipinski definition) is 5. The normalized spacial score (nSPS) is 16.4. The van der Waals surface area contributed by atoms with Crippen molar-refractivity contribution in [1.82, 2.24) is 0 Å². The topological polar surface area (TPSA) is 127 Å². The Hall–Kier alpha value is -0.300. The van der Waals surface area contributed by atoms with E-state index in [9.17, 15) is 9.90 Å². The van der Waals surface area contributed by atoms with E-state index in [4.69, 9.17) is 19.8 Å². The second kappa shape index (κ2) is 4.97. The Morgan fingerprint density at radius 2 is 1.93 bits per heavy atom. The highest BCUT2D eigenvalue weighted by Gasteiger charge is 2.34. The van der Waals surface area contributed by atoms with Crippen LogP contribution in [0.4, 0.5) is 0 Å². The molecule has 84 valence electrons. The van der Waals surface area contributed by atoms with Crippen molar-refractivity contribution in [2.45, 2.75) is 25.4 Å². The molecule has 5 N–H and O–H groups in total. The van der Waals surface area contributed by atoms with Gasteiger partial charge in [-0.05, 0) is 6.92 Å². The highest BCUT2D eigenvalue weighted by molar-refractivity contribution is 7.53. The second-order valence-corrected chi connectivity index (χ2v) is 4.45. The van der Waals surface area contributed by atoms with Crippen LogP contribution >= 0.6 is 8.17 Å². The molecule has 0 aliphatic rings. The van der Waals surface area contributed by atoms with E-state index in [-0.39, 0.29) is 13.0 Å². The molecular formula is C6H14O7P+. The number of rotatable bonds is 6. The van der Waals surface area contributed by atoms with Gasteiger partial charge in [0, 0.05) is 6.42 Å². The molecule has 0 radical (unpaired) electrons. The van der Waals surface area contributed by atoms with Crippen LogP contribution in [0.2, 0.25) is 0 Å². The maximum Gasteiger partial charge on any atom is 0.567 e. The number of hydrogen-bond acceptors (Lipinski definition) is 6. The molecule has 0 saturated carbocycles. The summed E-state index contributed by atoms with van der Waals surface area (Å²) in [4.78, 5) is 35.4. The van der Waals surface area contributed by atoms with E-state index >= 15 is 0 Å². The third-order valence-corrected chi connectivity index (χ3v) is 1.97. The molecule has 0 rings (SSSR count). The van der Waals surface area contributed by atoms with Gasteiger partial charge in [-0.25, -0.2) is 0 Å². The first-order chi connectivity index (χ1) is 6.12. The maximum absolute atomic E-state index is 10.2. The average Bonchev–Trinajstić information content (AvgIpc) is 1.78. The lowest BCUT2D eigenvalue weighted by Gasteiger charge is -2.19. The molecule has 0 amide bonds. The predicted molar refractivity (Wildman–Crippen MR) is 47.0 cm³/mol. The van der Waals surface area contributed by atoms with Crippen LogP contribution in [-0.4, -0.2) is 43.1 Å². The van der Waals surface area contributed by atoms with E-state index < -0.39 is 26.2 Å². The average molecular weight is 229 g/mol. The van der Waals surface area contributed by atoms with Crippen LogP contribution in [0, 0.1) is 0 Å². The third kappa shape index (κ3) is 8.31. The number of aliphatic hydroxyl groups is 1. The van der Waals surface area contributed by atoms with E-state index in [1.807, 2.05) is 0 Å². The Balaban J connectivity index is 3.82. The Morgan fingerprint density at radius 1 is 1.43 bits per heavy atom. The zero-order valence-corrected chi connectivity index (χ0v) is 8.52. The summed E-state index contributed by atoms with van der Waals surface area (Å²) in [7, 11) is -4.29. The fourth-order valence-electron chi connectivity index (χ4n) is 0.802. The summed E-state index contributed by atoms with van der Waals surface area (Å²) in [5.41, 5.74) is -1.50. The van der Waals surface area contributed by atoms with Crippen molar-refractivity contribution < 1.29 is 34.2 Å². The van der Waals surface area contributed by atoms with E-state index in [1.165, 1.54) is 6.92 Å². The molecule has 0 unspecified atom stereocenters. The van der Waals surface area contributed by atoms with Gasteiger partial charge in [0.25, 0.3) is 0 Å². The molecule has 7 nitrogen and oxygen atoms in total. The van der Waals surface area contributed by atoms with Gasteiger partial charge >= 0.3 is 14.1 Å². The van der Waals surface area contributed by atoms with Crippen molar-refractivity contribution in [3.63, 3.8) is 0 Å². The summed E-state index contributed by atoms with van der Waals surface area (Å²) in [5, 5.41) is 17.8. The summed E-state index contributed by atoms with van der Waals surface area (Å²) in [5.74, 6) is -1.17. The number of carboxylic acids is 1. The standard InChI is InChI=1S/C6H13O7P/c1-6(9,4-5(7)8)2-3-13-14(10,11)12/h9-12H,2-4H2,1H3/p+1/t6-/m1/s1. The molecule has 0 aromatic heterocycles. The van der Waals surface area contributed by atoms with Gasteiger partial charge in [-0.3, -0.25) is 4.79 Å². The number of carboxylic acid groups (broad SMARTS) is 1. The van der Waals surface area contributed by atoms with Crippen molar-refractivity contribution in [2.24, 2.45) is 0 Å². The molecule has 1 atom stereocenters. The molecule has 0 fully saturated rings. The molecule has 0 spiro atoms. The molecular weight excluding hydrogens is 215 g/mol. The van der Waals surface area contributed by atoms with Crippen LogP contribution in [0.25, 0.3) is 0 Å². The largest absolute Gasteiger partial charge is 0.567 e. The van der Waals surface area contributed by atoms with Crippen LogP contribution in [-0.2, 0) is 9.32 Å². The fourth-order valence-corrected chi connectivity index (χ4v) is 1.14. The molecule has 0 aliphatic heterocycles. The van der Waals surface area contributed by atoms with Crippen LogP contribution < -0.4 is 0 Å². The minimum Gasteiger partial charge on any atom is -0.481 e. The van der Waals surface area contributed by atoms with Crippen LogP contribution in [0.15, 0.2) is 0 Å². The second-order valence-electron chi connectivity index (χ2n) is 3.16. The van der Waals surface area contributed by atoms with Crippen molar-refractivity contribution >= 4 is 14.1 Å². The van der Waals surface area contributed by atoms with Gasteiger partial charge in [-0.1, -0.05) is 0 Å². The monoisotopic (exact) mass is 229 g/mol. The highest BCUT2D eigenvalue weighted by atomic mass is 31.2. The molecule has 14 heavy (non-hydrogen) atoms. The lowest BCUT2D eigenvalue weighted by molar-refractivity contribution is -0.142. The lowest BCUT2D eigenvalue weighted by atomic mass is 9.99. The van der Waals surface area contributed by atoms with E-state index in [2.05, 4.69) is 4.52 Å². The zero-order valence-electron chi connectivity index (χ0n) is 7.62. The van der Waals surface area contributed by atoms with Gasteiger partial charge in [-0.15, -0.1) is 0 Å². The van der Waals surface area contributed by atoms with Crippen molar-refractivity contribution in [3.8, 4) is 0 Å². The summed E-state index contributed by atoms with van der Waals surface area (Å²) >= 11 is 0. The van der Waals surface area contributed by atoms with E-state index in [0.29, 0.717) is 0 Å². The number of aliphatic carboxylic acids is 1. The van der Waals surface area contributed by atoms with Gasteiger partial charge < -0.3 is 10.2 Å². The summed E-state index contributed by atoms with van der Waals surface area (Å²) in [6.07, 6.45) is -0.604. The maximum atomic E-state index is 10.2. The first-order valence-corrected chi connectivity index (χ1v) is 5.35. The molecule has 8 heteroatoms. The first-order valence-electron chi connectivity index (χ1n) is 3.78. The molecule has 0 aliphatic carbocycles. The minimum absolute atomic E-state index is 0.122. The lowest BCUT2D eigenvalue weighted by Crippen LogP contribution is -2.29. The third-order valence-electron chi connectivity index (χ3n) is 1.44. The van der Waals surface area contributed by atoms with Crippen LogP contribution in [0.5, 0.6) is 0 Å². The fraction of sp³-hybridized carbons (Fsp3) is 0.833. The van der Waals surface area contributed by atoms with Crippen molar-refractivity contribution in [1.29, 1.82) is 0 Å². The van der Waals surface area contributed by atoms with Crippen molar-refractivity contribution in [3.05, 3.63) is 0 Å². The Morgan fingerprint density at radius 3 is 2.29 bits per heavy atom. The Bertz CT molecular complexity index is 197. The predicted octanol–water partition coefficient (Wildman–Crippen LogP) is -0.727. The molecule has 0 aromatic rings. The number of carbonyl (C=O) groups is 1. The Labute approximate surface area is 81.2 Å². The SMILES string of the molecule is C[C@@](O)(CCO[P+](O)(O)O)CC(=O)O. The van der Waals surface area contributed by atoms with Crippen LogP contribution in [0.1, 0.15) is 19.8 Å². The quantitative estimate of drug-likeness (QED) is 0.380. The molecule has 0 aromatic carbocycles. The van der Waals surface area contributed by atoms with Crippen LogP contribution in [0.3, 0.4) is 0 Å².